The van der Waals surface area contributed by atoms with Crippen LogP contribution in [0.3, 0.4) is 0 Å². The Morgan fingerprint density at radius 3 is 3.27 bits per heavy atom. The first-order chi connectivity index (χ1) is 7.36. The number of hydrogen-bond acceptors (Lipinski definition) is 4. The van der Waals surface area contributed by atoms with Gasteiger partial charge in [0.15, 0.2) is 5.69 Å². The molecule has 1 amide bonds. The van der Waals surface area contributed by atoms with Crippen molar-refractivity contribution in [1.82, 2.24) is 15.8 Å². The molecule has 0 aliphatic carbocycles. The van der Waals surface area contributed by atoms with Crippen molar-refractivity contribution in [2.75, 3.05) is 13.1 Å². The minimum Gasteiger partial charge on any atom is -0.364 e. The van der Waals surface area contributed by atoms with E-state index in [-0.39, 0.29) is 5.91 Å². The molecule has 1 saturated heterocycles. The van der Waals surface area contributed by atoms with Crippen LogP contribution in [0.15, 0.2) is 16.9 Å². The maximum Gasteiger partial charge on any atom is 0.273 e. The summed E-state index contributed by atoms with van der Waals surface area (Å²) in [6.45, 7) is 1.70. The number of nitrogens with zero attached hydrogens (tertiary/aromatic N) is 1. The average Bonchev–Trinajstić information content (AvgIpc) is 2.81. The van der Waals surface area contributed by atoms with E-state index in [9.17, 15) is 4.79 Å². The average molecular weight is 209 g/mol. The molecular weight excluding hydrogens is 194 g/mol. The van der Waals surface area contributed by atoms with Crippen LogP contribution in [0, 0.1) is 0 Å². The second-order valence-corrected chi connectivity index (χ2v) is 3.74. The fourth-order valence-electron chi connectivity index (χ4n) is 1.73. The molecule has 2 rings (SSSR count). The Morgan fingerprint density at radius 1 is 1.67 bits per heavy atom. The van der Waals surface area contributed by atoms with Gasteiger partial charge in [-0.1, -0.05) is 11.6 Å². The molecule has 1 unspecified atom stereocenters. The minimum atomic E-state index is -0.170. The molecule has 1 aliphatic heterocycles. The second kappa shape index (κ2) is 4.93. The highest BCUT2D eigenvalue weighted by molar-refractivity contribution is 5.91. The quantitative estimate of drug-likeness (QED) is 0.762. The lowest BCUT2D eigenvalue weighted by atomic mass is 10.1. The van der Waals surface area contributed by atoms with E-state index < -0.39 is 0 Å². The first-order valence-corrected chi connectivity index (χ1v) is 5.28. The topological polar surface area (TPSA) is 67.2 Å². The van der Waals surface area contributed by atoms with Gasteiger partial charge in [-0.3, -0.25) is 4.79 Å². The van der Waals surface area contributed by atoms with E-state index in [1.54, 1.807) is 6.07 Å². The number of nitrogens with one attached hydrogen (secondary N) is 2. The molecule has 5 nitrogen and oxygen atoms in total. The molecule has 0 saturated carbocycles. The van der Waals surface area contributed by atoms with Gasteiger partial charge in [-0.25, -0.2) is 0 Å². The highest BCUT2D eigenvalue weighted by atomic mass is 16.5. The van der Waals surface area contributed by atoms with Gasteiger partial charge in [0.2, 0.25) is 0 Å². The van der Waals surface area contributed by atoms with Crippen LogP contribution in [0.25, 0.3) is 0 Å². The molecule has 0 radical (unpaired) electrons. The summed E-state index contributed by atoms with van der Waals surface area (Å²) < 4.78 is 4.60. The van der Waals surface area contributed by atoms with E-state index in [4.69, 9.17) is 0 Å². The smallest absolute Gasteiger partial charge is 0.273 e. The number of hydrogen-bond donors (Lipinski definition) is 2. The summed E-state index contributed by atoms with van der Waals surface area (Å²) in [5.74, 6) is -0.170. The van der Waals surface area contributed by atoms with Gasteiger partial charge in [0.05, 0.1) is 0 Å². The number of aromatic nitrogens is 1. The van der Waals surface area contributed by atoms with Crippen molar-refractivity contribution in [3.8, 4) is 0 Å². The van der Waals surface area contributed by atoms with Crippen molar-refractivity contribution in [1.29, 1.82) is 0 Å². The van der Waals surface area contributed by atoms with Crippen molar-refractivity contribution in [3.05, 3.63) is 18.0 Å². The van der Waals surface area contributed by atoms with E-state index in [2.05, 4.69) is 20.3 Å². The predicted octanol–water partition coefficient (Wildman–Crippen LogP) is 0.546. The maximum absolute atomic E-state index is 11.5. The van der Waals surface area contributed by atoms with Gasteiger partial charge in [-0.15, -0.1) is 0 Å². The minimum absolute atomic E-state index is 0.170. The molecule has 1 atom stereocenters. The molecule has 0 spiro atoms. The van der Waals surface area contributed by atoms with Crippen LogP contribution in [-0.2, 0) is 0 Å². The molecule has 0 bridgehead atoms. The molecular formula is C10H15N3O2. The molecule has 0 aromatic carbocycles. The van der Waals surface area contributed by atoms with Gasteiger partial charge < -0.3 is 15.2 Å². The summed E-state index contributed by atoms with van der Waals surface area (Å²) in [6.07, 6.45) is 4.98. The molecule has 1 aromatic heterocycles. The first-order valence-electron chi connectivity index (χ1n) is 5.28. The third kappa shape index (κ3) is 2.79. The maximum atomic E-state index is 11.5. The van der Waals surface area contributed by atoms with Crippen molar-refractivity contribution < 1.29 is 9.32 Å². The molecule has 1 fully saturated rings. The third-order valence-electron chi connectivity index (χ3n) is 2.59. The Bertz CT molecular complexity index is 304. The number of rotatable bonds is 3. The van der Waals surface area contributed by atoms with Gasteiger partial charge in [0.25, 0.3) is 5.91 Å². The zero-order chi connectivity index (χ0) is 10.5. The van der Waals surface area contributed by atoms with E-state index in [0.29, 0.717) is 18.3 Å². The Labute approximate surface area is 88.2 Å². The number of carbonyl (C=O) groups excluding carboxylic acids is 1. The summed E-state index contributed by atoms with van der Waals surface area (Å²) in [7, 11) is 0. The van der Waals surface area contributed by atoms with E-state index in [0.717, 1.165) is 13.0 Å². The standard InChI is InChI=1S/C10H15N3O2/c14-10(9-4-6-15-13-9)12-7-8-3-1-2-5-11-8/h4,6,8,11H,1-3,5,7H2,(H,12,14). The van der Waals surface area contributed by atoms with Gasteiger partial charge in [0.1, 0.15) is 6.26 Å². The van der Waals surface area contributed by atoms with Gasteiger partial charge >= 0.3 is 0 Å². The summed E-state index contributed by atoms with van der Waals surface area (Å²) in [5.41, 5.74) is 0.339. The van der Waals surface area contributed by atoms with Crippen molar-refractivity contribution in [2.24, 2.45) is 0 Å². The fraction of sp³-hybridized carbons (Fsp3) is 0.600. The Balaban J connectivity index is 1.75. The normalized spacial score (nSPS) is 21.2. The molecule has 1 aliphatic rings. The van der Waals surface area contributed by atoms with E-state index in [1.807, 2.05) is 0 Å². The Kier molecular flexibility index (Phi) is 3.34. The van der Waals surface area contributed by atoms with Crippen LogP contribution in [0.4, 0.5) is 0 Å². The zero-order valence-electron chi connectivity index (χ0n) is 8.53. The van der Waals surface area contributed by atoms with Crippen LogP contribution < -0.4 is 10.6 Å². The second-order valence-electron chi connectivity index (χ2n) is 3.74. The zero-order valence-corrected chi connectivity index (χ0v) is 8.53. The lowest BCUT2D eigenvalue weighted by molar-refractivity contribution is 0.0938. The van der Waals surface area contributed by atoms with Crippen LogP contribution >= 0.6 is 0 Å². The summed E-state index contributed by atoms with van der Waals surface area (Å²) in [6, 6.07) is 1.96. The van der Waals surface area contributed by atoms with Gasteiger partial charge in [-0.2, -0.15) is 0 Å². The van der Waals surface area contributed by atoms with Crippen LogP contribution in [0.2, 0.25) is 0 Å². The first kappa shape index (κ1) is 10.2. The van der Waals surface area contributed by atoms with Crippen LogP contribution in [0.1, 0.15) is 29.8 Å². The molecule has 82 valence electrons. The van der Waals surface area contributed by atoms with Crippen LogP contribution in [-0.4, -0.2) is 30.2 Å². The summed E-state index contributed by atoms with van der Waals surface area (Å²) >= 11 is 0. The Hall–Kier alpha value is -1.36. The molecule has 2 heterocycles. The van der Waals surface area contributed by atoms with Crippen molar-refractivity contribution in [2.45, 2.75) is 25.3 Å². The SMILES string of the molecule is O=C(NCC1CCCCN1)c1ccon1. The predicted molar refractivity (Wildman–Crippen MR) is 54.5 cm³/mol. The molecule has 2 N–H and O–H groups in total. The number of piperidine rings is 1. The Morgan fingerprint density at radius 2 is 2.60 bits per heavy atom. The highest BCUT2D eigenvalue weighted by Gasteiger charge is 2.14. The monoisotopic (exact) mass is 209 g/mol. The molecule has 1 aromatic rings. The molecule has 15 heavy (non-hydrogen) atoms. The summed E-state index contributed by atoms with van der Waals surface area (Å²) in [5, 5.41) is 9.76. The van der Waals surface area contributed by atoms with Gasteiger partial charge in [-0.05, 0) is 19.4 Å². The van der Waals surface area contributed by atoms with Gasteiger partial charge in [0, 0.05) is 18.7 Å². The van der Waals surface area contributed by atoms with Crippen molar-refractivity contribution in [3.63, 3.8) is 0 Å². The summed E-state index contributed by atoms with van der Waals surface area (Å²) in [4.78, 5) is 11.5. The van der Waals surface area contributed by atoms with E-state index >= 15 is 0 Å². The lowest BCUT2D eigenvalue weighted by Crippen LogP contribution is -2.43. The van der Waals surface area contributed by atoms with E-state index in [1.165, 1.54) is 19.1 Å². The third-order valence-corrected chi connectivity index (χ3v) is 2.59. The lowest BCUT2D eigenvalue weighted by Gasteiger charge is -2.23. The number of carbonyl (C=O) groups is 1. The fourth-order valence-corrected chi connectivity index (χ4v) is 1.73. The van der Waals surface area contributed by atoms with Crippen LogP contribution in [0.5, 0.6) is 0 Å². The number of amides is 1. The van der Waals surface area contributed by atoms with Crippen molar-refractivity contribution >= 4 is 5.91 Å². The molecule has 5 heteroatoms. The largest absolute Gasteiger partial charge is 0.364 e. The highest BCUT2D eigenvalue weighted by Crippen LogP contribution is 2.05.